The van der Waals surface area contributed by atoms with Crippen LogP contribution in [0.1, 0.15) is 5.82 Å². The summed E-state index contributed by atoms with van der Waals surface area (Å²) in [5.74, 6) is 0.202. The molecule has 0 aromatic carbocycles. The molecule has 11 heavy (non-hydrogen) atoms. The molecule has 0 aliphatic carbocycles. The second-order valence-corrected chi connectivity index (χ2v) is 1.67. The van der Waals surface area contributed by atoms with Gasteiger partial charge in [-0.05, 0) is 6.07 Å². The zero-order valence-electron chi connectivity index (χ0n) is 5.50. The third-order valence-corrected chi connectivity index (χ3v) is 0.905. The summed E-state index contributed by atoms with van der Waals surface area (Å²) in [5.41, 5.74) is 0. The Morgan fingerprint density at radius 3 is 3.00 bits per heavy atom. The Hall–Kier alpha value is -1.10. The molecular weight excluding hydrogens is 154 g/mol. The molecule has 1 aromatic rings. The highest BCUT2D eigenvalue weighted by Gasteiger charge is 2.02. The minimum absolute atomic E-state index is 0.202. The van der Waals surface area contributed by atoms with E-state index in [1.54, 1.807) is 0 Å². The van der Waals surface area contributed by atoms with E-state index in [9.17, 15) is 8.78 Å². The number of ether oxygens (including phenoxy) is 1. The molecule has 1 radical (unpaired) electrons. The number of alkyl halides is 2. The monoisotopic (exact) mass is 159 g/mol. The predicted molar refractivity (Wildman–Crippen MR) is 31.7 cm³/mol. The second-order valence-electron chi connectivity index (χ2n) is 1.67. The smallest absolute Gasteiger partial charge is 0.315 e. The molecule has 0 saturated carbocycles. The SMILES string of the molecule is FC(F)OCc1n[c]ccn1. The van der Waals surface area contributed by atoms with Gasteiger partial charge in [0.1, 0.15) is 6.61 Å². The molecule has 0 spiro atoms. The molecule has 0 amide bonds. The third-order valence-electron chi connectivity index (χ3n) is 0.905. The molecule has 0 fully saturated rings. The molecule has 1 heterocycles. The highest BCUT2D eigenvalue weighted by atomic mass is 19.3. The summed E-state index contributed by atoms with van der Waals surface area (Å²) in [4.78, 5) is 7.21. The first-order chi connectivity index (χ1) is 5.29. The molecule has 3 nitrogen and oxygen atoms in total. The Kier molecular flexibility index (Phi) is 2.85. The van der Waals surface area contributed by atoms with Crippen molar-refractivity contribution in [3.05, 3.63) is 24.3 Å². The summed E-state index contributed by atoms with van der Waals surface area (Å²) >= 11 is 0. The Morgan fingerprint density at radius 1 is 1.64 bits per heavy atom. The quantitative estimate of drug-likeness (QED) is 0.660. The minimum atomic E-state index is -2.78. The Balaban J connectivity index is 2.39. The predicted octanol–water partition coefficient (Wildman–Crippen LogP) is 1.02. The van der Waals surface area contributed by atoms with Gasteiger partial charge in [0.15, 0.2) is 5.82 Å². The van der Waals surface area contributed by atoms with E-state index in [1.165, 1.54) is 12.3 Å². The van der Waals surface area contributed by atoms with Gasteiger partial charge in [-0.15, -0.1) is 0 Å². The molecule has 0 saturated heterocycles. The first kappa shape index (κ1) is 8.00. The Bertz CT molecular complexity index is 205. The maximum atomic E-state index is 11.4. The lowest BCUT2D eigenvalue weighted by Crippen LogP contribution is -2.02. The average molecular weight is 159 g/mol. The van der Waals surface area contributed by atoms with Crippen LogP contribution in [-0.4, -0.2) is 16.6 Å². The molecule has 0 N–H and O–H groups in total. The van der Waals surface area contributed by atoms with Gasteiger partial charge in [-0.1, -0.05) is 0 Å². The summed E-state index contributed by atoms with van der Waals surface area (Å²) in [6, 6.07) is 1.48. The van der Waals surface area contributed by atoms with Gasteiger partial charge in [0.05, 0.1) is 6.20 Å². The number of nitrogens with zero attached hydrogens (tertiary/aromatic N) is 2. The van der Waals surface area contributed by atoms with E-state index in [-0.39, 0.29) is 12.4 Å². The maximum Gasteiger partial charge on any atom is 0.345 e. The number of rotatable bonds is 3. The van der Waals surface area contributed by atoms with Crippen molar-refractivity contribution in [2.45, 2.75) is 13.2 Å². The molecule has 59 valence electrons. The summed E-state index contributed by atoms with van der Waals surface area (Å²) in [5, 5.41) is 0. The normalized spacial score (nSPS) is 10.5. The first-order valence-electron chi connectivity index (χ1n) is 2.87. The summed E-state index contributed by atoms with van der Waals surface area (Å²) in [6.45, 7) is -3.06. The molecule has 0 aliphatic heterocycles. The molecule has 1 aromatic heterocycles. The molecule has 0 atom stereocenters. The third kappa shape index (κ3) is 2.99. The van der Waals surface area contributed by atoms with E-state index >= 15 is 0 Å². The fourth-order valence-corrected chi connectivity index (χ4v) is 0.504. The maximum absolute atomic E-state index is 11.4. The van der Waals surface area contributed by atoms with E-state index in [4.69, 9.17) is 0 Å². The molecular formula is C6H5F2N2O. The van der Waals surface area contributed by atoms with Crippen molar-refractivity contribution in [3.63, 3.8) is 0 Å². The van der Waals surface area contributed by atoms with Crippen LogP contribution in [-0.2, 0) is 11.3 Å². The van der Waals surface area contributed by atoms with Crippen molar-refractivity contribution in [3.8, 4) is 0 Å². The van der Waals surface area contributed by atoms with Crippen molar-refractivity contribution in [1.29, 1.82) is 0 Å². The topological polar surface area (TPSA) is 35.0 Å². The van der Waals surface area contributed by atoms with E-state index in [2.05, 4.69) is 20.9 Å². The van der Waals surface area contributed by atoms with Gasteiger partial charge in [-0.2, -0.15) is 8.78 Å². The van der Waals surface area contributed by atoms with Crippen molar-refractivity contribution >= 4 is 0 Å². The van der Waals surface area contributed by atoms with Gasteiger partial charge >= 0.3 is 6.61 Å². The van der Waals surface area contributed by atoms with Crippen molar-refractivity contribution < 1.29 is 13.5 Å². The first-order valence-corrected chi connectivity index (χ1v) is 2.87. The zero-order valence-corrected chi connectivity index (χ0v) is 5.50. The van der Waals surface area contributed by atoms with Crippen LogP contribution in [0.2, 0.25) is 0 Å². The van der Waals surface area contributed by atoms with Crippen molar-refractivity contribution in [2.24, 2.45) is 0 Å². The highest BCUT2D eigenvalue weighted by Crippen LogP contribution is 1.98. The van der Waals surface area contributed by atoms with E-state index in [0.29, 0.717) is 0 Å². The summed E-state index contributed by atoms with van der Waals surface area (Å²) < 4.78 is 26.8. The highest BCUT2D eigenvalue weighted by molar-refractivity contribution is 4.84. The second kappa shape index (κ2) is 3.92. The fourth-order valence-electron chi connectivity index (χ4n) is 0.504. The lowest BCUT2D eigenvalue weighted by Gasteiger charge is -1.98. The number of halogens is 2. The van der Waals surface area contributed by atoms with Crippen molar-refractivity contribution in [2.75, 3.05) is 0 Å². The average Bonchev–Trinajstić information content (AvgIpc) is 2.03. The summed E-state index contributed by atoms with van der Waals surface area (Å²) in [7, 11) is 0. The van der Waals surface area contributed by atoms with Gasteiger partial charge in [0.25, 0.3) is 0 Å². The zero-order chi connectivity index (χ0) is 8.10. The molecule has 1 rings (SSSR count). The lowest BCUT2D eigenvalue weighted by molar-refractivity contribution is -0.138. The van der Waals surface area contributed by atoms with Crippen LogP contribution >= 0.6 is 0 Å². The van der Waals surface area contributed by atoms with Crippen LogP contribution in [0.15, 0.2) is 12.3 Å². The largest absolute Gasteiger partial charge is 0.345 e. The van der Waals surface area contributed by atoms with Crippen LogP contribution in [0, 0.1) is 6.20 Å². The minimum Gasteiger partial charge on any atom is -0.315 e. The number of hydrogen-bond acceptors (Lipinski definition) is 3. The van der Waals surface area contributed by atoms with Crippen LogP contribution in [0.3, 0.4) is 0 Å². The molecule has 0 unspecified atom stereocenters. The van der Waals surface area contributed by atoms with Gasteiger partial charge < -0.3 is 4.74 Å². The molecule has 0 aliphatic rings. The standard InChI is InChI=1S/C6H5F2N2O/c7-6(8)11-4-5-9-2-1-3-10-5/h1-2,6H,4H2. The van der Waals surface area contributed by atoms with Crippen molar-refractivity contribution in [1.82, 2.24) is 9.97 Å². The number of hydrogen-bond donors (Lipinski definition) is 0. The lowest BCUT2D eigenvalue weighted by atomic mass is 10.6. The van der Waals surface area contributed by atoms with E-state index in [0.717, 1.165) is 0 Å². The Labute approximate surface area is 62.0 Å². The van der Waals surface area contributed by atoms with Gasteiger partial charge in [-0.25, -0.2) is 9.97 Å². The van der Waals surface area contributed by atoms with Gasteiger partial charge in [0, 0.05) is 6.20 Å². The molecule has 5 heteroatoms. The summed E-state index contributed by atoms with van der Waals surface area (Å²) in [6.07, 6.45) is 3.86. The van der Waals surface area contributed by atoms with Crippen LogP contribution in [0.25, 0.3) is 0 Å². The van der Waals surface area contributed by atoms with Crippen LogP contribution in [0.5, 0.6) is 0 Å². The van der Waals surface area contributed by atoms with E-state index in [1.807, 2.05) is 0 Å². The van der Waals surface area contributed by atoms with Crippen LogP contribution in [0.4, 0.5) is 8.78 Å². The van der Waals surface area contributed by atoms with Gasteiger partial charge in [0.2, 0.25) is 0 Å². The van der Waals surface area contributed by atoms with E-state index < -0.39 is 6.61 Å². The molecule has 0 bridgehead atoms. The number of aromatic nitrogens is 2. The Morgan fingerprint density at radius 2 is 2.45 bits per heavy atom. The fraction of sp³-hybridized carbons (Fsp3) is 0.333. The van der Waals surface area contributed by atoms with Gasteiger partial charge in [-0.3, -0.25) is 0 Å². The van der Waals surface area contributed by atoms with Crippen LogP contribution < -0.4 is 0 Å².